The summed E-state index contributed by atoms with van der Waals surface area (Å²) in [7, 11) is 1.56. The lowest BCUT2D eigenvalue weighted by atomic mass is 10.1. The molecule has 0 aromatic heterocycles. The van der Waals surface area contributed by atoms with E-state index in [1.807, 2.05) is 49.1 Å². The van der Waals surface area contributed by atoms with Gasteiger partial charge in [0.25, 0.3) is 11.8 Å². The number of hydrogen-bond donors (Lipinski definition) is 0. The SMILES string of the molecule is COc1ccccc1C(=O)N1CCN(C(=O)c2ccc(C)c(C)c2)CC1. The van der Waals surface area contributed by atoms with E-state index in [0.29, 0.717) is 43.1 Å². The van der Waals surface area contributed by atoms with Gasteiger partial charge in [-0.1, -0.05) is 18.2 Å². The van der Waals surface area contributed by atoms with Crippen LogP contribution in [0.5, 0.6) is 5.75 Å². The molecule has 1 aliphatic heterocycles. The first kappa shape index (κ1) is 18.0. The Morgan fingerprint density at radius 3 is 2.08 bits per heavy atom. The molecule has 5 nitrogen and oxygen atoms in total. The highest BCUT2D eigenvalue weighted by Crippen LogP contribution is 2.20. The molecule has 1 aliphatic rings. The van der Waals surface area contributed by atoms with Crippen molar-refractivity contribution >= 4 is 11.8 Å². The van der Waals surface area contributed by atoms with Crippen molar-refractivity contribution in [1.82, 2.24) is 9.80 Å². The Morgan fingerprint density at radius 2 is 1.46 bits per heavy atom. The van der Waals surface area contributed by atoms with Crippen LogP contribution >= 0.6 is 0 Å². The average Bonchev–Trinajstić information content (AvgIpc) is 2.69. The van der Waals surface area contributed by atoms with Crippen molar-refractivity contribution in [3.8, 4) is 5.75 Å². The van der Waals surface area contributed by atoms with Crippen LogP contribution in [-0.4, -0.2) is 54.9 Å². The minimum atomic E-state index is -0.0549. The molecule has 0 unspecified atom stereocenters. The van der Waals surface area contributed by atoms with Crippen molar-refractivity contribution in [2.24, 2.45) is 0 Å². The predicted molar refractivity (Wildman–Crippen MR) is 101 cm³/mol. The van der Waals surface area contributed by atoms with E-state index in [1.54, 1.807) is 24.1 Å². The number of methoxy groups -OCH3 is 1. The van der Waals surface area contributed by atoms with Gasteiger partial charge in [-0.05, 0) is 49.2 Å². The van der Waals surface area contributed by atoms with Crippen molar-refractivity contribution < 1.29 is 14.3 Å². The number of amides is 2. The lowest BCUT2D eigenvalue weighted by molar-refractivity contribution is 0.0533. The van der Waals surface area contributed by atoms with Gasteiger partial charge in [-0.25, -0.2) is 0 Å². The number of nitrogens with zero attached hydrogens (tertiary/aromatic N) is 2. The quantitative estimate of drug-likeness (QED) is 0.853. The molecule has 1 fully saturated rings. The number of ether oxygens (including phenoxy) is 1. The van der Waals surface area contributed by atoms with Crippen LogP contribution in [0.4, 0.5) is 0 Å². The van der Waals surface area contributed by atoms with E-state index in [9.17, 15) is 9.59 Å². The van der Waals surface area contributed by atoms with Gasteiger partial charge in [0.1, 0.15) is 5.75 Å². The van der Waals surface area contributed by atoms with E-state index in [2.05, 4.69) is 0 Å². The predicted octanol–water partition coefficient (Wildman–Crippen LogP) is 2.91. The molecule has 0 aliphatic carbocycles. The first-order valence-electron chi connectivity index (χ1n) is 8.80. The number of piperazine rings is 1. The molecule has 0 atom stereocenters. The van der Waals surface area contributed by atoms with E-state index < -0.39 is 0 Å². The van der Waals surface area contributed by atoms with Crippen LogP contribution in [0, 0.1) is 13.8 Å². The summed E-state index contributed by atoms with van der Waals surface area (Å²) in [4.78, 5) is 29.1. The molecule has 2 amide bonds. The van der Waals surface area contributed by atoms with Gasteiger partial charge in [0.05, 0.1) is 12.7 Å². The molecule has 0 bridgehead atoms. The minimum Gasteiger partial charge on any atom is -0.496 e. The largest absolute Gasteiger partial charge is 0.496 e. The maximum Gasteiger partial charge on any atom is 0.257 e. The zero-order valence-electron chi connectivity index (χ0n) is 15.5. The normalized spacial score (nSPS) is 14.3. The summed E-state index contributed by atoms with van der Waals surface area (Å²) in [5, 5.41) is 0. The monoisotopic (exact) mass is 352 g/mol. The fourth-order valence-electron chi connectivity index (χ4n) is 3.16. The highest BCUT2D eigenvalue weighted by Gasteiger charge is 2.26. The van der Waals surface area contributed by atoms with Gasteiger partial charge in [-0.3, -0.25) is 9.59 Å². The van der Waals surface area contributed by atoms with Gasteiger partial charge in [0.15, 0.2) is 0 Å². The van der Waals surface area contributed by atoms with Crippen molar-refractivity contribution in [2.75, 3.05) is 33.3 Å². The average molecular weight is 352 g/mol. The molecule has 0 spiro atoms. The molecular formula is C21H24N2O3. The Hall–Kier alpha value is -2.82. The molecule has 2 aromatic carbocycles. The molecule has 0 radical (unpaired) electrons. The number of carbonyl (C=O) groups is 2. The first-order valence-corrected chi connectivity index (χ1v) is 8.80. The van der Waals surface area contributed by atoms with E-state index >= 15 is 0 Å². The third kappa shape index (κ3) is 3.57. The molecule has 26 heavy (non-hydrogen) atoms. The maximum absolute atomic E-state index is 12.8. The molecule has 0 N–H and O–H groups in total. The highest BCUT2D eigenvalue weighted by molar-refractivity contribution is 5.97. The Kier molecular flexibility index (Phi) is 5.26. The van der Waals surface area contributed by atoms with Gasteiger partial charge >= 0.3 is 0 Å². The summed E-state index contributed by atoms with van der Waals surface area (Å²) in [5.41, 5.74) is 3.55. The van der Waals surface area contributed by atoms with Gasteiger partial charge < -0.3 is 14.5 Å². The smallest absolute Gasteiger partial charge is 0.257 e. The number of benzene rings is 2. The van der Waals surface area contributed by atoms with Crippen LogP contribution in [0.1, 0.15) is 31.8 Å². The van der Waals surface area contributed by atoms with Crippen molar-refractivity contribution in [3.63, 3.8) is 0 Å². The van der Waals surface area contributed by atoms with Crippen LogP contribution in [0.3, 0.4) is 0 Å². The fraction of sp³-hybridized carbons (Fsp3) is 0.333. The number of carbonyl (C=O) groups excluding carboxylic acids is 2. The minimum absolute atomic E-state index is 0.0255. The van der Waals surface area contributed by atoms with Gasteiger partial charge in [0, 0.05) is 31.7 Å². The molecule has 1 heterocycles. The lowest BCUT2D eigenvalue weighted by Gasteiger charge is -2.35. The number of rotatable bonds is 3. The molecule has 5 heteroatoms. The summed E-state index contributed by atoms with van der Waals surface area (Å²) >= 11 is 0. The van der Waals surface area contributed by atoms with E-state index in [1.165, 1.54) is 5.56 Å². The number of aryl methyl sites for hydroxylation is 2. The zero-order chi connectivity index (χ0) is 18.7. The van der Waals surface area contributed by atoms with E-state index in [4.69, 9.17) is 4.74 Å². The molecule has 3 rings (SSSR count). The Morgan fingerprint density at radius 1 is 0.846 bits per heavy atom. The summed E-state index contributed by atoms with van der Waals surface area (Å²) in [6.07, 6.45) is 0. The zero-order valence-corrected chi connectivity index (χ0v) is 15.5. The Bertz CT molecular complexity index is 824. The summed E-state index contributed by atoms with van der Waals surface area (Å²) in [6, 6.07) is 13.0. The second-order valence-corrected chi connectivity index (χ2v) is 6.58. The first-order chi connectivity index (χ1) is 12.5. The van der Waals surface area contributed by atoms with Crippen molar-refractivity contribution in [1.29, 1.82) is 0 Å². The fourth-order valence-corrected chi connectivity index (χ4v) is 3.16. The van der Waals surface area contributed by atoms with E-state index in [0.717, 1.165) is 5.56 Å². The Labute approximate surface area is 154 Å². The van der Waals surface area contributed by atoms with Crippen LogP contribution in [0.15, 0.2) is 42.5 Å². The molecule has 136 valence electrons. The van der Waals surface area contributed by atoms with Gasteiger partial charge in [0.2, 0.25) is 0 Å². The van der Waals surface area contributed by atoms with Gasteiger partial charge in [-0.2, -0.15) is 0 Å². The van der Waals surface area contributed by atoms with Gasteiger partial charge in [-0.15, -0.1) is 0 Å². The number of hydrogen-bond acceptors (Lipinski definition) is 3. The summed E-state index contributed by atoms with van der Waals surface area (Å²) in [6.45, 7) is 6.15. The summed E-state index contributed by atoms with van der Waals surface area (Å²) in [5.74, 6) is 0.546. The standard InChI is InChI=1S/C21H24N2O3/c1-15-8-9-17(14-16(15)2)20(24)22-10-12-23(13-11-22)21(25)18-6-4-5-7-19(18)26-3/h4-9,14H,10-13H2,1-3H3. The van der Waals surface area contributed by atoms with Crippen molar-refractivity contribution in [3.05, 3.63) is 64.7 Å². The second kappa shape index (κ2) is 7.60. The van der Waals surface area contributed by atoms with Crippen LogP contribution in [0.25, 0.3) is 0 Å². The molecule has 2 aromatic rings. The van der Waals surface area contributed by atoms with E-state index in [-0.39, 0.29) is 11.8 Å². The highest BCUT2D eigenvalue weighted by atomic mass is 16.5. The number of para-hydroxylation sites is 1. The third-order valence-electron chi connectivity index (χ3n) is 4.95. The second-order valence-electron chi connectivity index (χ2n) is 6.58. The molecule has 0 saturated carbocycles. The van der Waals surface area contributed by atoms with Crippen LogP contribution < -0.4 is 4.74 Å². The van der Waals surface area contributed by atoms with Crippen LogP contribution in [0.2, 0.25) is 0 Å². The topological polar surface area (TPSA) is 49.9 Å². The van der Waals surface area contributed by atoms with Crippen molar-refractivity contribution in [2.45, 2.75) is 13.8 Å². The molecule has 1 saturated heterocycles. The summed E-state index contributed by atoms with van der Waals surface area (Å²) < 4.78 is 5.28. The van der Waals surface area contributed by atoms with Crippen LogP contribution in [-0.2, 0) is 0 Å². The lowest BCUT2D eigenvalue weighted by Crippen LogP contribution is -2.50. The maximum atomic E-state index is 12.8. The molecular weight excluding hydrogens is 328 g/mol. The third-order valence-corrected chi connectivity index (χ3v) is 4.95. The Balaban J connectivity index is 1.66.